The molecule has 0 radical (unpaired) electrons. The van der Waals surface area contributed by atoms with Gasteiger partial charge in [0.2, 0.25) is 0 Å². The van der Waals surface area contributed by atoms with Gasteiger partial charge in [-0.3, -0.25) is 14.8 Å². The molecule has 0 unspecified atom stereocenters. The third kappa shape index (κ3) is 4.28. The highest BCUT2D eigenvalue weighted by molar-refractivity contribution is 5.94. The molecule has 1 N–H and O–H groups in total. The quantitative estimate of drug-likeness (QED) is 0.943. The number of carbonyl (C=O) groups is 1. The average molecular weight is 310 g/mol. The lowest BCUT2D eigenvalue weighted by Crippen LogP contribution is -2.26. The number of rotatable bonds is 4. The van der Waals surface area contributed by atoms with Crippen molar-refractivity contribution in [2.75, 3.05) is 18.0 Å². The summed E-state index contributed by atoms with van der Waals surface area (Å²) in [7, 11) is 0. The number of nitrogens with one attached hydrogen (secondary N) is 1. The van der Waals surface area contributed by atoms with Crippen LogP contribution in [0.4, 0.5) is 5.69 Å². The lowest BCUT2D eigenvalue weighted by atomic mass is 10.2. The molecule has 0 spiro atoms. The summed E-state index contributed by atoms with van der Waals surface area (Å²) < 4.78 is 0. The molecule has 2 aromatic rings. The smallest absolute Gasteiger partial charge is 0.253 e. The number of nitrogens with zero attached hydrogens (tertiary/aromatic N) is 3. The molecule has 0 saturated carbocycles. The molecule has 2 aromatic heterocycles. The molecule has 23 heavy (non-hydrogen) atoms. The molecule has 3 rings (SSSR count). The molecule has 5 nitrogen and oxygen atoms in total. The monoisotopic (exact) mass is 310 g/mol. The molecule has 0 atom stereocenters. The highest BCUT2D eigenvalue weighted by Gasteiger charge is 2.13. The first-order valence-electron chi connectivity index (χ1n) is 8.21. The van der Waals surface area contributed by atoms with Gasteiger partial charge in [-0.1, -0.05) is 18.9 Å². The number of hydrogen-bond acceptors (Lipinski definition) is 4. The topological polar surface area (TPSA) is 58.1 Å². The molecule has 1 amide bonds. The fourth-order valence-corrected chi connectivity index (χ4v) is 2.83. The van der Waals surface area contributed by atoms with Gasteiger partial charge in [-0.25, -0.2) is 0 Å². The Balaban J connectivity index is 1.65. The van der Waals surface area contributed by atoms with Crippen LogP contribution in [-0.2, 0) is 6.54 Å². The van der Waals surface area contributed by atoms with Crippen molar-refractivity contribution >= 4 is 11.6 Å². The molecular formula is C18H22N4O. The van der Waals surface area contributed by atoms with Crippen molar-refractivity contribution in [1.82, 2.24) is 15.3 Å². The van der Waals surface area contributed by atoms with E-state index >= 15 is 0 Å². The van der Waals surface area contributed by atoms with Crippen LogP contribution in [0.1, 0.15) is 41.7 Å². The Labute approximate surface area is 136 Å². The predicted molar refractivity (Wildman–Crippen MR) is 90.3 cm³/mol. The van der Waals surface area contributed by atoms with E-state index in [0.717, 1.165) is 24.5 Å². The zero-order valence-electron chi connectivity index (χ0n) is 13.2. The molecular weight excluding hydrogens is 288 g/mol. The zero-order valence-corrected chi connectivity index (χ0v) is 13.2. The Morgan fingerprint density at radius 3 is 2.70 bits per heavy atom. The SMILES string of the molecule is O=C(NCc1ccccn1)c1cncc(N2CCCCCC2)c1. The van der Waals surface area contributed by atoms with Crippen LogP contribution >= 0.6 is 0 Å². The largest absolute Gasteiger partial charge is 0.370 e. The van der Waals surface area contributed by atoms with E-state index in [-0.39, 0.29) is 5.91 Å². The second kappa shape index (κ2) is 7.72. The number of pyridine rings is 2. The summed E-state index contributed by atoms with van der Waals surface area (Å²) in [5.74, 6) is -0.111. The number of anilines is 1. The van der Waals surface area contributed by atoms with E-state index in [0.29, 0.717) is 12.1 Å². The maximum absolute atomic E-state index is 12.3. The van der Waals surface area contributed by atoms with Gasteiger partial charge in [-0.05, 0) is 31.0 Å². The number of carbonyl (C=O) groups excluding carboxylic acids is 1. The highest BCUT2D eigenvalue weighted by Crippen LogP contribution is 2.19. The molecule has 1 saturated heterocycles. The molecule has 5 heteroatoms. The first-order valence-corrected chi connectivity index (χ1v) is 8.21. The first-order chi connectivity index (χ1) is 11.3. The minimum absolute atomic E-state index is 0.111. The Kier molecular flexibility index (Phi) is 5.19. The van der Waals surface area contributed by atoms with Gasteiger partial charge in [0, 0.05) is 25.5 Å². The molecule has 1 aliphatic rings. The van der Waals surface area contributed by atoms with Crippen LogP contribution in [0.25, 0.3) is 0 Å². The highest BCUT2D eigenvalue weighted by atomic mass is 16.1. The van der Waals surface area contributed by atoms with Crippen LogP contribution in [-0.4, -0.2) is 29.0 Å². The Morgan fingerprint density at radius 2 is 1.96 bits per heavy atom. The second-order valence-corrected chi connectivity index (χ2v) is 5.84. The van der Waals surface area contributed by atoms with Gasteiger partial charge in [0.25, 0.3) is 5.91 Å². The zero-order chi connectivity index (χ0) is 15.9. The molecule has 0 aromatic carbocycles. The fraction of sp³-hybridized carbons (Fsp3) is 0.389. The van der Waals surface area contributed by atoms with Crippen LogP contribution in [0, 0.1) is 0 Å². The van der Waals surface area contributed by atoms with E-state index in [1.165, 1.54) is 25.7 Å². The standard InChI is InChI=1S/C18H22N4O/c23-18(21-13-16-7-3-4-8-20-16)15-11-17(14-19-12-15)22-9-5-1-2-6-10-22/h3-4,7-8,11-12,14H,1-2,5-6,9-10,13H2,(H,21,23). The minimum atomic E-state index is -0.111. The fourth-order valence-electron chi connectivity index (χ4n) is 2.83. The van der Waals surface area contributed by atoms with Crippen LogP contribution < -0.4 is 10.2 Å². The Bertz CT molecular complexity index is 636. The number of amides is 1. The van der Waals surface area contributed by atoms with Crippen molar-refractivity contribution in [2.45, 2.75) is 32.2 Å². The number of hydrogen-bond donors (Lipinski definition) is 1. The molecule has 1 fully saturated rings. The summed E-state index contributed by atoms with van der Waals surface area (Å²) in [5, 5.41) is 2.90. The molecule has 120 valence electrons. The summed E-state index contributed by atoms with van der Waals surface area (Å²) in [6, 6.07) is 7.61. The Morgan fingerprint density at radius 1 is 1.13 bits per heavy atom. The molecule has 0 aliphatic carbocycles. The lowest BCUT2D eigenvalue weighted by Gasteiger charge is -2.22. The van der Waals surface area contributed by atoms with Crippen LogP contribution in [0.2, 0.25) is 0 Å². The molecule has 0 bridgehead atoms. The summed E-state index contributed by atoms with van der Waals surface area (Å²) >= 11 is 0. The van der Waals surface area contributed by atoms with E-state index in [9.17, 15) is 4.79 Å². The van der Waals surface area contributed by atoms with Gasteiger partial charge in [0.1, 0.15) is 0 Å². The summed E-state index contributed by atoms with van der Waals surface area (Å²) in [4.78, 5) is 23.1. The molecule has 3 heterocycles. The van der Waals surface area contributed by atoms with Gasteiger partial charge in [0.05, 0.1) is 29.7 Å². The van der Waals surface area contributed by atoms with Crippen molar-refractivity contribution in [3.8, 4) is 0 Å². The first kappa shape index (κ1) is 15.5. The van der Waals surface area contributed by atoms with Crippen molar-refractivity contribution in [3.63, 3.8) is 0 Å². The van der Waals surface area contributed by atoms with Crippen molar-refractivity contribution in [3.05, 3.63) is 54.1 Å². The van der Waals surface area contributed by atoms with Crippen molar-refractivity contribution in [1.29, 1.82) is 0 Å². The summed E-state index contributed by atoms with van der Waals surface area (Å²) in [5.41, 5.74) is 2.48. The van der Waals surface area contributed by atoms with E-state index < -0.39 is 0 Å². The lowest BCUT2D eigenvalue weighted by molar-refractivity contribution is 0.0950. The minimum Gasteiger partial charge on any atom is -0.370 e. The molecule has 1 aliphatic heterocycles. The van der Waals surface area contributed by atoms with Gasteiger partial charge in [-0.2, -0.15) is 0 Å². The van der Waals surface area contributed by atoms with Gasteiger partial charge in [0.15, 0.2) is 0 Å². The third-order valence-corrected chi connectivity index (χ3v) is 4.11. The summed E-state index contributed by atoms with van der Waals surface area (Å²) in [6.07, 6.45) is 10.2. The third-order valence-electron chi connectivity index (χ3n) is 4.11. The van der Waals surface area contributed by atoms with E-state index in [1.807, 2.05) is 30.5 Å². The Hall–Kier alpha value is -2.43. The van der Waals surface area contributed by atoms with Crippen LogP contribution in [0.15, 0.2) is 42.9 Å². The normalized spacial score (nSPS) is 15.0. The van der Waals surface area contributed by atoms with Crippen LogP contribution in [0.3, 0.4) is 0 Å². The van der Waals surface area contributed by atoms with E-state index in [2.05, 4.69) is 20.2 Å². The van der Waals surface area contributed by atoms with Crippen LogP contribution in [0.5, 0.6) is 0 Å². The van der Waals surface area contributed by atoms with Gasteiger partial charge >= 0.3 is 0 Å². The van der Waals surface area contributed by atoms with Gasteiger partial charge < -0.3 is 10.2 Å². The maximum atomic E-state index is 12.3. The summed E-state index contributed by atoms with van der Waals surface area (Å²) in [6.45, 7) is 2.51. The van der Waals surface area contributed by atoms with Gasteiger partial charge in [-0.15, -0.1) is 0 Å². The second-order valence-electron chi connectivity index (χ2n) is 5.84. The van der Waals surface area contributed by atoms with Crippen molar-refractivity contribution < 1.29 is 4.79 Å². The maximum Gasteiger partial charge on any atom is 0.253 e. The van der Waals surface area contributed by atoms with E-state index in [1.54, 1.807) is 12.4 Å². The number of aromatic nitrogens is 2. The predicted octanol–water partition coefficient (Wildman–Crippen LogP) is 2.79. The van der Waals surface area contributed by atoms with Crippen molar-refractivity contribution in [2.24, 2.45) is 0 Å². The average Bonchev–Trinajstić information content (AvgIpc) is 2.90. The van der Waals surface area contributed by atoms with E-state index in [4.69, 9.17) is 0 Å².